The molecule has 0 saturated carbocycles. The number of rotatable bonds is 5. The SMILES string of the molecule is CCCCN1C(=O)C(=O)/C(=C(\O)c2ccc(C)c(C)c2)C1c1ccncc1. The normalized spacial score (nSPS) is 18.9. The Morgan fingerprint density at radius 3 is 2.44 bits per heavy atom. The molecule has 1 unspecified atom stereocenters. The van der Waals surface area contributed by atoms with Gasteiger partial charge in [-0.3, -0.25) is 14.6 Å². The van der Waals surface area contributed by atoms with E-state index in [1.165, 1.54) is 0 Å². The van der Waals surface area contributed by atoms with Gasteiger partial charge in [-0.1, -0.05) is 25.5 Å². The average Bonchev–Trinajstić information content (AvgIpc) is 2.93. The van der Waals surface area contributed by atoms with E-state index < -0.39 is 17.7 Å². The Bertz CT molecular complexity index is 903. The number of aliphatic hydroxyl groups is 1. The number of hydrogen-bond donors (Lipinski definition) is 1. The maximum atomic E-state index is 12.8. The summed E-state index contributed by atoms with van der Waals surface area (Å²) >= 11 is 0. The highest BCUT2D eigenvalue weighted by Gasteiger charge is 2.45. The van der Waals surface area contributed by atoms with Gasteiger partial charge in [0, 0.05) is 24.5 Å². The summed E-state index contributed by atoms with van der Waals surface area (Å²) in [5.41, 5.74) is 3.57. The standard InChI is InChI=1S/C22H24N2O3/c1-4-5-12-24-19(16-8-10-23-11-9-16)18(21(26)22(24)27)20(25)17-7-6-14(2)15(3)13-17/h6-11,13,19,25H,4-5,12H2,1-3H3/b20-18-. The second kappa shape index (κ2) is 7.74. The van der Waals surface area contributed by atoms with Gasteiger partial charge >= 0.3 is 0 Å². The third-order valence-corrected chi connectivity index (χ3v) is 5.09. The second-order valence-electron chi connectivity index (χ2n) is 6.93. The van der Waals surface area contributed by atoms with Gasteiger partial charge in [-0.2, -0.15) is 0 Å². The molecule has 1 saturated heterocycles. The van der Waals surface area contributed by atoms with Gasteiger partial charge < -0.3 is 10.0 Å². The number of ketones is 1. The molecule has 1 amide bonds. The molecule has 1 aromatic carbocycles. The van der Waals surface area contributed by atoms with Crippen LogP contribution in [0.15, 0.2) is 48.3 Å². The molecule has 140 valence electrons. The molecule has 5 heteroatoms. The van der Waals surface area contributed by atoms with E-state index in [4.69, 9.17) is 0 Å². The molecule has 0 spiro atoms. The highest BCUT2D eigenvalue weighted by molar-refractivity contribution is 6.46. The molecule has 1 N–H and O–H groups in total. The maximum Gasteiger partial charge on any atom is 0.295 e. The van der Waals surface area contributed by atoms with Crippen LogP contribution in [0.4, 0.5) is 0 Å². The first-order valence-electron chi connectivity index (χ1n) is 9.21. The lowest BCUT2D eigenvalue weighted by atomic mass is 9.95. The van der Waals surface area contributed by atoms with Crippen molar-refractivity contribution in [2.75, 3.05) is 6.54 Å². The van der Waals surface area contributed by atoms with Gasteiger partial charge in [-0.15, -0.1) is 0 Å². The summed E-state index contributed by atoms with van der Waals surface area (Å²) in [4.78, 5) is 31.1. The van der Waals surface area contributed by atoms with Gasteiger partial charge in [0.1, 0.15) is 5.76 Å². The van der Waals surface area contributed by atoms with E-state index in [9.17, 15) is 14.7 Å². The number of nitrogens with zero attached hydrogens (tertiary/aromatic N) is 2. The zero-order valence-corrected chi connectivity index (χ0v) is 15.9. The Balaban J connectivity index is 2.16. The summed E-state index contributed by atoms with van der Waals surface area (Å²) in [6.45, 7) is 6.44. The van der Waals surface area contributed by atoms with Crippen LogP contribution in [-0.2, 0) is 9.59 Å². The number of aryl methyl sites for hydroxylation is 2. The number of aromatic nitrogens is 1. The van der Waals surface area contributed by atoms with Crippen LogP contribution in [0.3, 0.4) is 0 Å². The Morgan fingerprint density at radius 2 is 1.81 bits per heavy atom. The molecule has 2 heterocycles. The number of carbonyl (C=O) groups excluding carboxylic acids is 2. The van der Waals surface area contributed by atoms with E-state index in [-0.39, 0.29) is 11.3 Å². The number of carbonyl (C=O) groups is 2. The first-order valence-corrected chi connectivity index (χ1v) is 9.21. The van der Waals surface area contributed by atoms with Crippen LogP contribution < -0.4 is 0 Å². The molecule has 1 aliphatic rings. The average molecular weight is 364 g/mol. The van der Waals surface area contributed by atoms with Gasteiger partial charge in [0.2, 0.25) is 0 Å². The summed E-state index contributed by atoms with van der Waals surface area (Å²) in [6.07, 6.45) is 4.96. The fraction of sp³-hybridized carbons (Fsp3) is 0.318. The van der Waals surface area contributed by atoms with Gasteiger partial charge in [-0.25, -0.2) is 0 Å². The van der Waals surface area contributed by atoms with Gasteiger partial charge in [-0.05, 0) is 55.2 Å². The van der Waals surface area contributed by atoms with Crippen molar-refractivity contribution in [3.05, 3.63) is 70.6 Å². The van der Waals surface area contributed by atoms with Crippen molar-refractivity contribution in [2.45, 2.75) is 39.7 Å². The quantitative estimate of drug-likeness (QED) is 0.496. The molecule has 0 radical (unpaired) electrons. The summed E-state index contributed by atoms with van der Waals surface area (Å²) in [6, 6.07) is 8.49. The molecular formula is C22H24N2O3. The minimum absolute atomic E-state index is 0.128. The monoisotopic (exact) mass is 364 g/mol. The third-order valence-electron chi connectivity index (χ3n) is 5.09. The summed E-state index contributed by atoms with van der Waals surface area (Å²) < 4.78 is 0. The minimum Gasteiger partial charge on any atom is -0.507 e. The van der Waals surface area contributed by atoms with Gasteiger partial charge in [0.15, 0.2) is 0 Å². The number of amides is 1. The van der Waals surface area contributed by atoms with E-state index in [1.54, 1.807) is 35.5 Å². The van der Waals surface area contributed by atoms with Crippen LogP contribution in [0.1, 0.15) is 48.1 Å². The van der Waals surface area contributed by atoms with Crippen LogP contribution in [0.5, 0.6) is 0 Å². The zero-order valence-electron chi connectivity index (χ0n) is 15.9. The highest BCUT2D eigenvalue weighted by atomic mass is 16.3. The van der Waals surface area contributed by atoms with E-state index in [1.807, 2.05) is 32.9 Å². The number of aliphatic hydroxyl groups excluding tert-OH is 1. The fourth-order valence-electron chi connectivity index (χ4n) is 3.38. The van der Waals surface area contributed by atoms with Crippen molar-refractivity contribution in [2.24, 2.45) is 0 Å². The van der Waals surface area contributed by atoms with Crippen molar-refractivity contribution >= 4 is 17.4 Å². The third kappa shape index (κ3) is 3.50. The lowest BCUT2D eigenvalue weighted by Gasteiger charge is -2.25. The largest absolute Gasteiger partial charge is 0.507 e. The van der Waals surface area contributed by atoms with Gasteiger partial charge in [0.05, 0.1) is 11.6 Å². The van der Waals surface area contributed by atoms with Crippen molar-refractivity contribution in [3.8, 4) is 0 Å². The molecule has 3 rings (SSSR count). The van der Waals surface area contributed by atoms with Crippen LogP contribution in [0.25, 0.3) is 5.76 Å². The molecule has 1 atom stereocenters. The molecule has 27 heavy (non-hydrogen) atoms. The van der Waals surface area contributed by atoms with Crippen molar-refractivity contribution in [1.29, 1.82) is 0 Å². The summed E-state index contributed by atoms with van der Waals surface area (Å²) in [5, 5.41) is 11.0. The molecule has 0 aliphatic carbocycles. The van der Waals surface area contributed by atoms with Crippen LogP contribution in [-0.4, -0.2) is 33.2 Å². The van der Waals surface area contributed by atoms with E-state index >= 15 is 0 Å². The predicted molar refractivity (Wildman–Crippen MR) is 104 cm³/mol. The lowest BCUT2D eigenvalue weighted by Crippen LogP contribution is -2.30. The summed E-state index contributed by atoms with van der Waals surface area (Å²) in [5.74, 6) is -1.32. The lowest BCUT2D eigenvalue weighted by molar-refractivity contribution is -0.139. The Morgan fingerprint density at radius 1 is 1.11 bits per heavy atom. The van der Waals surface area contributed by atoms with E-state index in [2.05, 4.69) is 4.98 Å². The molecule has 0 bridgehead atoms. The second-order valence-corrected chi connectivity index (χ2v) is 6.93. The van der Waals surface area contributed by atoms with Crippen molar-refractivity contribution in [1.82, 2.24) is 9.88 Å². The van der Waals surface area contributed by atoms with Crippen LogP contribution >= 0.6 is 0 Å². The van der Waals surface area contributed by atoms with Crippen molar-refractivity contribution < 1.29 is 14.7 Å². The topological polar surface area (TPSA) is 70.5 Å². The first kappa shape index (κ1) is 18.8. The Labute approximate surface area is 159 Å². The molecule has 5 nitrogen and oxygen atoms in total. The van der Waals surface area contributed by atoms with E-state index in [0.717, 1.165) is 29.5 Å². The van der Waals surface area contributed by atoms with Gasteiger partial charge in [0.25, 0.3) is 11.7 Å². The fourth-order valence-corrected chi connectivity index (χ4v) is 3.38. The Kier molecular flexibility index (Phi) is 5.40. The summed E-state index contributed by atoms with van der Waals surface area (Å²) in [7, 11) is 0. The number of Topliss-reactive ketones (excluding diaryl/α,β-unsaturated/α-hetero) is 1. The number of benzene rings is 1. The number of hydrogen-bond acceptors (Lipinski definition) is 4. The number of likely N-dealkylation sites (tertiary alicyclic amines) is 1. The molecule has 1 aromatic heterocycles. The smallest absolute Gasteiger partial charge is 0.295 e. The van der Waals surface area contributed by atoms with Crippen LogP contribution in [0, 0.1) is 13.8 Å². The highest BCUT2D eigenvalue weighted by Crippen LogP contribution is 2.39. The first-order chi connectivity index (χ1) is 13.0. The van der Waals surface area contributed by atoms with Crippen molar-refractivity contribution in [3.63, 3.8) is 0 Å². The number of pyridine rings is 1. The zero-order chi connectivity index (χ0) is 19.6. The predicted octanol–water partition coefficient (Wildman–Crippen LogP) is 3.92. The number of unbranched alkanes of at least 4 members (excludes halogenated alkanes) is 1. The van der Waals surface area contributed by atoms with E-state index in [0.29, 0.717) is 12.1 Å². The maximum absolute atomic E-state index is 12.8. The minimum atomic E-state index is -0.636. The molecule has 1 aliphatic heterocycles. The molecule has 1 fully saturated rings. The Hall–Kier alpha value is -2.95. The molecule has 2 aromatic rings. The molecular weight excluding hydrogens is 340 g/mol. The van der Waals surface area contributed by atoms with Crippen LogP contribution in [0.2, 0.25) is 0 Å².